The molecular weight excluding hydrogens is 268 g/mol. The lowest BCUT2D eigenvalue weighted by molar-refractivity contribution is -0.384. The number of nitrogens with zero attached hydrogens (tertiary/aromatic N) is 2. The molecule has 0 saturated carbocycles. The van der Waals surface area contributed by atoms with Crippen LogP contribution >= 0.6 is 0 Å². The largest absolute Gasteiger partial charge is 0.453 e. The third kappa shape index (κ3) is 2.43. The molecule has 0 bridgehead atoms. The van der Waals surface area contributed by atoms with Gasteiger partial charge >= 0.3 is 6.09 Å². The second kappa shape index (κ2) is 5.43. The van der Waals surface area contributed by atoms with Crippen molar-refractivity contribution >= 4 is 11.8 Å². The summed E-state index contributed by atoms with van der Waals surface area (Å²) in [4.78, 5) is 22.9. The number of aliphatic hydroxyl groups is 2. The van der Waals surface area contributed by atoms with Crippen LogP contribution in [-0.2, 0) is 4.74 Å². The van der Waals surface area contributed by atoms with E-state index in [4.69, 9.17) is 0 Å². The maximum absolute atomic E-state index is 11.6. The number of nitro groups is 1. The van der Waals surface area contributed by atoms with Crippen LogP contribution < -0.4 is 0 Å². The number of methoxy groups -OCH3 is 1. The van der Waals surface area contributed by atoms with Crippen molar-refractivity contribution in [1.29, 1.82) is 0 Å². The van der Waals surface area contributed by atoms with Gasteiger partial charge < -0.3 is 14.9 Å². The summed E-state index contributed by atoms with van der Waals surface area (Å²) < 4.78 is 4.60. The number of carbonyl (C=O) groups excluding carboxylic acids is 1. The maximum Gasteiger partial charge on any atom is 0.410 e. The van der Waals surface area contributed by atoms with Gasteiger partial charge in [-0.1, -0.05) is 12.1 Å². The van der Waals surface area contributed by atoms with Gasteiger partial charge in [-0.25, -0.2) is 4.79 Å². The minimum Gasteiger partial charge on any atom is -0.453 e. The van der Waals surface area contributed by atoms with Gasteiger partial charge in [-0.05, 0) is 5.56 Å². The van der Waals surface area contributed by atoms with Crippen molar-refractivity contribution < 1.29 is 24.7 Å². The smallest absolute Gasteiger partial charge is 0.410 e. The fourth-order valence-electron chi connectivity index (χ4n) is 2.29. The zero-order valence-electron chi connectivity index (χ0n) is 10.7. The Morgan fingerprint density at radius 2 is 2.00 bits per heavy atom. The van der Waals surface area contributed by atoms with E-state index in [1.807, 2.05) is 0 Å². The molecule has 0 aromatic heterocycles. The van der Waals surface area contributed by atoms with Gasteiger partial charge in [-0.3, -0.25) is 15.0 Å². The highest BCUT2D eigenvalue weighted by Gasteiger charge is 2.43. The van der Waals surface area contributed by atoms with E-state index in [0.29, 0.717) is 5.56 Å². The molecule has 2 N–H and O–H groups in total. The molecule has 0 radical (unpaired) electrons. The van der Waals surface area contributed by atoms with Crippen molar-refractivity contribution in [3.05, 3.63) is 39.9 Å². The summed E-state index contributed by atoms with van der Waals surface area (Å²) in [5.41, 5.74) is 0.399. The number of aliphatic hydroxyl groups excluding tert-OH is 2. The van der Waals surface area contributed by atoms with Crippen LogP contribution in [0.25, 0.3) is 0 Å². The van der Waals surface area contributed by atoms with Gasteiger partial charge in [0, 0.05) is 12.1 Å². The maximum atomic E-state index is 11.6. The molecule has 1 aliphatic rings. The third-order valence-electron chi connectivity index (χ3n) is 3.29. The van der Waals surface area contributed by atoms with Crippen LogP contribution in [0.3, 0.4) is 0 Å². The fourth-order valence-corrected chi connectivity index (χ4v) is 2.29. The highest BCUT2D eigenvalue weighted by molar-refractivity contribution is 5.69. The lowest BCUT2D eigenvalue weighted by atomic mass is 10.0. The van der Waals surface area contributed by atoms with Crippen LogP contribution in [0.15, 0.2) is 24.3 Å². The van der Waals surface area contributed by atoms with Gasteiger partial charge in [0.15, 0.2) is 0 Å². The second-order valence-corrected chi connectivity index (χ2v) is 4.47. The molecule has 1 fully saturated rings. The molecule has 0 unspecified atom stereocenters. The zero-order chi connectivity index (χ0) is 14.9. The van der Waals surface area contributed by atoms with E-state index < -0.39 is 29.3 Å². The SMILES string of the molecule is COC(=O)N1C[C@H](O)[C@@H](O)[C@@H]1c1ccc([N+](=O)[O-])cc1. The first-order valence-electron chi connectivity index (χ1n) is 5.90. The minimum absolute atomic E-state index is 0.0600. The molecule has 1 heterocycles. The van der Waals surface area contributed by atoms with E-state index in [1.54, 1.807) is 0 Å². The fraction of sp³-hybridized carbons (Fsp3) is 0.417. The molecule has 20 heavy (non-hydrogen) atoms. The molecule has 2 rings (SSSR count). The Morgan fingerprint density at radius 1 is 1.40 bits per heavy atom. The van der Waals surface area contributed by atoms with E-state index in [-0.39, 0.29) is 12.2 Å². The van der Waals surface area contributed by atoms with E-state index in [9.17, 15) is 25.1 Å². The number of hydrogen-bond acceptors (Lipinski definition) is 6. The number of nitro benzene ring substituents is 1. The Kier molecular flexibility index (Phi) is 3.86. The average molecular weight is 282 g/mol. The second-order valence-electron chi connectivity index (χ2n) is 4.47. The number of β-amino-alcohol motifs (C(OH)–C–C–N with tert-alkyl or cyclic N) is 1. The number of non-ortho nitro benzene ring substituents is 1. The Hall–Kier alpha value is -2.19. The Morgan fingerprint density at radius 3 is 2.50 bits per heavy atom. The van der Waals surface area contributed by atoms with E-state index in [1.165, 1.54) is 36.3 Å². The van der Waals surface area contributed by atoms with Crippen molar-refractivity contribution in [3.63, 3.8) is 0 Å². The summed E-state index contributed by atoms with van der Waals surface area (Å²) in [6.45, 7) is -0.0600. The molecule has 1 amide bonds. The van der Waals surface area contributed by atoms with E-state index in [0.717, 1.165) is 0 Å². The van der Waals surface area contributed by atoms with Gasteiger partial charge in [0.1, 0.15) is 6.10 Å². The summed E-state index contributed by atoms with van der Waals surface area (Å²) in [6.07, 6.45) is -2.94. The molecule has 8 heteroatoms. The van der Waals surface area contributed by atoms with Crippen LogP contribution in [0.4, 0.5) is 10.5 Å². The van der Waals surface area contributed by atoms with Gasteiger partial charge in [0.05, 0.1) is 30.7 Å². The summed E-state index contributed by atoms with van der Waals surface area (Å²) in [5.74, 6) is 0. The van der Waals surface area contributed by atoms with Crippen LogP contribution in [0, 0.1) is 10.1 Å². The van der Waals surface area contributed by atoms with Crippen LogP contribution in [-0.4, -0.2) is 52.0 Å². The predicted molar refractivity (Wildman–Crippen MR) is 67.0 cm³/mol. The number of likely N-dealkylation sites (tertiary alicyclic amines) is 1. The van der Waals surface area contributed by atoms with Gasteiger partial charge in [-0.15, -0.1) is 0 Å². The lowest BCUT2D eigenvalue weighted by Crippen LogP contribution is -2.33. The van der Waals surface area contributed by atoms with Gasteiger partial charge in [0.2, 0.25) is 0 Å². The normalized spacial score (nSPS) is 25.6. The van der Waals surface area contributed by atoms with Crippen LogP contribution in [0.2, 0.25) is 0 Å². The number of carbonyl (C=O) groups is 1. The Labute approximate surface area is 114 Å². The van der Waals surface area contributed by atoms with Crippen molar-refractivity contribution in [2.24, 2.45) is 0 Å². The highest BCUT2D eigenvalue weighted by atomic mass is 16.6. The molecule has 0 aliphatic carbocycles. The summed E-state index contributed by atoms with van der Waals surface area (Å²) in [7, 11) is 1.20. The summed E-state index contributed by atoms with van der Waals surface area (Å²) in [5, 5.41) is 30.3. The first-order valence-corrected chi connectivity index (χ1v) is 5.90. The molecule has 3 atom stereocenters. The molecule has 1 saturated heterocycles. The summed E-state index contributed by atoms with van der Waals surface area (Å²) in [6, 6.07) is 4.66. The number of amides is 1. The Balaban J connectivity index is 2.32. The van der Waals surface area contributed by atoms with Gasteiger partial charge in [0.25, 0.3) is 5.69 Å². The van der Waals surface area contributed by atoms with E-state index >= 15 is 0 Å². The average Bonchev–Trinajstić information content (AvgIpc) is 2.74. The first-order chi connectivity index (χ1) is 9.45. The number of ether oxygens (including phenoxy) is 1. The molecule has 8 nitrogen and oxygen atoms in total. The van der Waals surface area contributed by atoms with Crippen molar-refractivity contribution in [1.82, 2.24) is 4.90 Å². The van der Waals surface area contributed by atoms with Crippen molar-refractivity contribution in [3.8, 4) is 0 Å². The summed E-state index contributed by atoms with van der Waals surface area (Å²) >= 11 is 0. The molecule has 0 spiro atoms. The molecular formula is C12H14N2O6. The zero-order valence-corrected chi connectivity index (χ0v) is 10.7. The topological polar surface area (TPSA) is 113 Å². The quantitative estimate of drug-likeness (QED) is 0.601. The van der Waals surface area contributed by atoms with Crippen molar-refractivity contribution in [2.75, 3.05) is 13.7 Å². The van der Waals surface area contributed by atoms with Crippen LogP contribution in [0.5, 0.6) is 0 Å². The monoisotopic (exact) mass is 282 g/mol. The standard InChI is InChI=1S/C12H14N2O6/c1-20-12(17)13-6-9(15)11(16)10(13)7-2-4-8(5-3-7)14(18)19/h2-5,9-11,15-16H,6H2,1H3/t9-,10-,11+/m0/s1. The molecule has 1 aromatic rings. The van der Waals surface area contributed by atoms with E-state index in [2.05, 4.69) is 4.74 Å². The first kappa shape index (κ1) is 14.2. The van der Waals surface area contributed by atoms with Gasteiger partial charge in [-0.2, -0.15) is 0 Å². The third-order valence-corrected chi connectivity index (χ3v) is 3.29. The Bertz CT molecular complexity index is 517. The molecule has 1 aromatic carbocycles. The molecule has 108 valence electrons. The van der Waals surface area contributed by atoms with Crippen molar-refractivity contribution in [2.45, 2.75) is 18.2 Å². The van der Waals surface area contributed by atoms with Crippen LogP contribution in [0.1, 0.15) is 11.6 Å². The molecule has 1 aliphatic heterocycles. The highest BCUT2D eigenvalue weighted by Crippen LogP contribution is 2.33. The predicted octanol–water partition coefficient (Wildman–Crippen LogP) is 0.440. The lowest BCUT2D eigenvalue weighted by Gasteiger charge is -2.24. The number of hydrogen-bond donors (Lipinski definition) is 2. The minimum atomic E-state index is -1.17. The number of benzene rings is 1. The number of rotatable bonds is 2.